The van der Waals surface area contributed by atoms with Gasteiger partial charge in [0.1, 0.15) is 17.6 Å². The summed E-state index contributed by atoms with van der Waals surface area (Å²) in [6.07, 6.45) is 3.25. The van der Waals surface area contributed by atoms with Crippen molar-refractivity contribution < 1.29 is 14.0 Å². The molecular weight excluding hydrogens is 409 g/mol. The first kappa shape index (κ1) is 21.4. The van der Waals surface area contributed by atoms with Crippen molar-refractivity contribution in [1.29, 1.82) is 0 Å². The lowest BCUT2D eigenvalue weighted by Gasteiger charge is -2.35. The van der Waals surface area contributed by atoms with Crippen LogP contribution in [-0.2, 0) is 9.59 Å². The Balaban J connectivity index is 1.52. The standard InChI is InChI=1S/C24H24FN5O2/c1-16(31)29-9-11-30(12-10-29)22-8-6-19(15-28-22)23(24(26)32)21-7-5-18(14-27-21)17-3-2-4-20(25)13-17/h2-8,13-15,23H,9-12H2,1H3,(H2,26,32). The van der Waals surface area contributed by atoms with Gasteiger partial charge >= 0.3 is 0 Å². The number of pyridine rings is 2. The molecule has 2 amide bonds. The van der Waals surface area contributed by atoms with E-state index < -0.39 is 11.8 Å². The quantitative estimate of drug-likeness (QED) is 0.668. The number of anilines is 1. The van der Waals surface area contributed by atoms with Gasteiger partial charge in [0.25, 0.3) is 0 Å². The van der Waals surface area contributed by atoms with Crippen LogP contribution in [0, 0.1) is 5.82 Å². The van der Waals surface area contributed by atoms with Gasteiger partial charge in [0, 0.05) is 51.1 Å². The fourth-order valence-corrected chi connectivity index (χ4v) is 3.90. The zero-order chi connectivity index (χ0) is 22.7. The first-order valence-electron chi connectivity index (χ1n) is 10.4. The molecule has 8 heteroatoms. The molecule has 1 unspecified atom stereocenters. The molecule has 0 radical (unpaired) electrons. The average Bonchev–Trinajstić information content (AvgIpc) is 2.80. The van der Waals surface area contributed by atoms with Crippen molar-refractivity contribution in [1.82, 2.24) is 14.9 Å². The number of halogens is 1. The molecule has 1 saturated heterocycles. The van der Waals surface area contributed by atoms with Crippen LogP contribution in [0.3, 0.4) is 0 Å². The lowest BCUT2D eigenvalue weighted by molar-refractivity contribution is -0.129. The Bertz CT molecular complexity index is 1110. The van der Waals surface area contributed by atoms with E-state index in [1.807, 2.05) is 17.0 Å². The molecule has 1 aliphatic rings. The smallest absolute Gasteiger partial charge is 0.231 e. The number of aromatic nitrogens is 2. The average molecular weight is 433 g/mol. The maximum absolute atomic E-state index is 13.5. The summed E-state index contributed by atoms with van der Waals surface area (Å²) in [5, 5.41) is 0. The Morgan fingerprint density at radius 2 is 1.75 bits per heavy atom. The summed E-state index contributed by atoms with van der Waals surface area (Å²) in [6.45, 7) is 4.29. The molecule has 1 atom stereocenters. The van der Waals surface area contributed by atoms with E-state index in [2.05, 4.69) is 14.9 Å². The third-order valence-electron chi connectivity index (χ3n) is 5.68. The molecule has 1 aliphatic heterocycles. The van der Waals surface area contributed by atoms with Crippen molar-refractivity contribution >= 4 is 17.6 Å². The van der Waals surface area contributed by atoms with Gasteiger partial charge in [-0.05, 0) is 35.4 Å². The number of nitrogens with zero attached hydrogens (tertiary/aromatic N) is 4. The van der Waals surface area contributed by atoms with Crippen molar-refractivity contribution in [3.05, 3.63) is 78.0 Å². The number of hydrogen-bond donors (Lipinski definition) is 1. The highest BCUT2D eigenvalue weighted by Crippen LogP contribution is 2.27. The summed E-state index contributed by atoms with van der Waals surface area (Å²) in [5.74, 6) is -0.730. The number of carbonyl (C=O) groups is 2. The maximum Gasteiger partial charge on any atom is 0.231 e. The van der Waals surface area contributed by atoms with Crippen molar-refractivity contribution in [2.24, 2.45) is 5.73 Å². The molecule has 7 nitrogen and oxygen atoms in total. The molecule has 32 heavy (non-hydrogen) atoms. The highest BCUT2D eigenvalue weighted by Gasteiger charge is 2.24. The normalized spacial score (nSPS) is 14.8. The van der Waals surface area contributed by atoms with E-state index in [4.69, 9.17) is 5.73 Å². The summed E-state index contributed by atoms with van der Waals surface area (Å²) >= 11 is 0. The third kappa shape index (κ3) is 4.59. The van der Waals surface area contributed by atoms with E-state index in [0.717, 1.165) is 11.4 Å². The second-order valence-electron chi connectivity index (χ2n) is 7.76. The van der Waals surface area contributed by atoms with E-state index in [1.54, 1.807) is 43.6 Å². The Morgan fingerprint density at radius 1 is 0.969 bits per heavy atom. The molecule has 2 aromatic heterocycles. The lowest BCUT2D eigenvalue weighted by Crippen LogP contribution is -2.48. The highest BCUT2D eigenvalue weighted by molar-refractivity contribution is 5.85. The Labute approximate surface area is 185 Å². The number of hydrogen-bond acceptors (Lipinski definition) is 5. The predicted octanol–water partition coefficient (Wildman–Crippen LogP) is 2.57. The topological polar surface area (TPSA) is 92.4 Å². The van der Waals surface area contributed by atoms with Crippen LogP contribution in [-0.4, -0.2) is 52.9 Å². The fraction of sp³-hybridized carbons (Fsp3) is 0.250. The number of amides is 2. The molecule has 3 aromatic rings. The van der Waals surface area contributed by atoms with Gasteiger partial charge in [0.05, 0.1) is 5.69 Å². The third-order valence-corrected chi connectivity index (χ3v) is 5.68. The monoisotopic (exact) mass is 433 g/mol. The number of rotatable bonds is 5. The SMILES string of the molecule is CC(=O)N1CCN(c2ccc(C(C(N)=O)c3ccc(-c4cccc(F)c4)cn3)cn2)CC1. The van der Waals surface area contributed by atoms with Gasteiger partial charge in [-0.3, -0.25) is 14.6 Å². The van der Waals surface area contributed by atoms with Crippen LogP contribution in [0.2, 0.25) is 0 Å². The minimum Gasteiger partial charge on any atom is -0.369 e. The van der Waals surface area contributed by atoms with Gasteiger partial charge in [0.2, 0.25) is 11.8 Å². The number of piperazine rings is 1. The van der Waals surface area contributed by atoms with Crippen LogP contribution in [0.25, 0.3) is 11.1 Å². The first-order chi connectivity index (χ1) is 15.4. The molecular formula is C24H24FN5O2. The van der Waals surface area contributed by atoms with E-state index in [0.29, 0.717) is 43.0 Å². The van der Waals surface area contributed by atoms with Crippen molar-refractivity contribution in [3.8, 4) is 11.1 Å². The molecule has 1 aromatic carbocycles. The van der Waals surface area contributed by atoms with Crippen molar-refractivity contribution in [3.63, 3.8) is 0 Å². The largest absolute Gasteiger partial charge is 0.369 e. The van der Waals surface area contributed by atoms with E-state index >= 15 is 0 Å². The van der Waals surface area contributed by atoms with Crippen LogP contribution < -0.4 is 10.6 Å². The van der Waals surface area contributed by atoms with Crippen molar-refractivity contribution in [2.45, 2.75) is 12.8 Å². The van der Waals surface area contributed by atoms with E-state index in [1.165, 1.54) is 12.1 Å². The summed E-state index contributed by atoms with van der Waals surface area (Å²) < 4.78 is 13.5. The van der Waals surface area contributed by atoms with Crippen molar-refractivity contribution in [2.75, 3.05) is 31.1 Å². The number of carbonyl (C=O) groups excluding carboxylic acids is 2. The van der Waals surface area contributed by atoms with Gasteiger partial charge in [0.15, 0.2) is 0 Å². The first-order valence-corrected chi connectivity index (χ1v) is 10.4. The number of primary amides is 1. The number of benzene rings is 1. The second-order valence-corrected chi connectivity index (χ2v) is 7.76. The predicted molar refractivity (Wildman–Crippen MR) is 119 cm³/mol. The van der Waals surface area contributed by atoms with Gasteiger partial charge in [-0.2, -0.15) is 0 Å². The van der Waals surface area contributed by atoms with Crippen LogP contribution in [0.4, 0.5) is 10.2 Å². The molecule has 4 rings (SSSR count). The Morgan fingerprint density at radius 3 is 2.31 bits per heavy atom. The van der Waals surface area contributed by atoms with Gasteiger partial charge in [-0.25, -0.2) is 9.37 Å². The van der Waals surface area contributed by atoms with Gasteiger partial charge < -0.3 is 15.5 Å². The molecule has 164 valence electrons. The minimum atomic E-state index is -0.743. The van der Waals surface area contributed by atoms with Crippen LogP contribution in [0.5, 0.6) is 0 Å². The molecule has 2 N–H and O–H groups in total. The zero-order valence-corrected chi connectivity index (χ0v) is 17.7. The van der Waals surface area contributed by atoms with Crippen LogP contribution >= 0.6 is 0 Å². The molecule has 3 heterocycles. The summed E-state index contributed by atoms with van der Waals surface area (Å²) in [6, 6.07) is 13.5. The second kappa shape index (κ2) is 9.13. The van der Waals surface area contributed by atoms with Crippen LogP contribution in [0.1, 0.15) is 24.1 Å². The Hall–Kier alpha value is -3.81. The molecule has 0 aliphatic carbocycles. The molecule has 0 saturated carbocycles. The van der Waals surface area contributed by atoms with E-state index in [9.17, 15) is 14.0 Å². The summed E-state index contributed by atoms with van der Waals surface area (Å²) in [5.41, 5.74) is 8.29. The molecule has 0 spiro atoms. The van der Waals surface area contributed by atoms with Gasteiger partial charge in [-0.1, -0.05) is 24.3 Å². The summed E-state index contributed by atoms with van der Waals surface area (Å²) in [7, 11) is 0. The van der Waals surface area contributed by atoms with E-state index in [-0.39, 0.29) is 11.7 Å². The summed E-state index contributed by atoms with van der Waals surface area (Å²) in [4.78, 5) is 36.6. The Kier molecular flexibility index (Phi) is 6.11. The molecule has 1 fully saturated rings. The van der Waals surface area contributed by atoms with Crippen LogP contribution in [0.15, 0.2) is 60.9 Å². The fourth-order valence-electron chi connectivity index (χ4n) is 3.90. The molecule has 0 bridgehead atoms. The maximum atomic E-state index is 13.5. The highest BCUT2D eigenvalue weighted by atomic mass is 19.1. The minimum absolute atomic E-state index is 0.0770. The lowest BCUT2D eigenvalue weighted by atomic mass is 9.95. The van der Waals surface area contributed by atoms with Gasteiger partial charge in [-0.15, -0.1) is 0 Å². The number of nitrogens with two attached hydrogens (primary N) is 1. The zero-order valence-electron chi connectivity index (χ0n) is 17.7.